The molecule has 0 aromatic heterocycles. The van der Waals surface area contributed by atoms with Crippen molar-refractivity contribution in [3.8, 4) is 0 Å². The lowest BCUT2D eigenvalue weighted by atomic mass is 9.84. The van der Waals surface area contributed by atoms with Crippen molar-refractivity contribution in [2.45, 2.75) is 97.8 Å². The summed E-state index contributed by atoms with van der Waals surface area (Å²) in [5.41, 5.74) is 0. The van der Waals surface area contributed by atoms with Gasteiger partial charge in [0, 0.05) is 0 Å². The summed E-state index contributed by atoms with van der Waals surface area (Å²) in [6, 6.07) is 0. The van der Waals surface area contributed by atoms with Crippen molar-refractivity contribution in [1.29, 1.82) is 0 Å². The molecule has 0 aliphatic carbocycles. The molecule has 3 atom stereocenters. The Morgan fingerprint density at radius 3 is 1.69 bits per heavy atom. The first-order valence-corrected chi connectivity index (χ1v) is 12.0. The van der Waals surface area contributed by atoms with Crippen LogP contribution in [-0.2, 0) is 28.7 Å². The molecule has 0 radical (unpaired) electrons. The lowest BCUT2D eigenvalue weighted by Crippen LogP contribution is -2.33. The first-order chi connectivity index (χ1) is 15.2. The summed E-state index contributed by atoms with van der Waals surface area (Å²) in [6.07, 6.45) is 9.22. The number of esters is 2. The van der Waals surface area contributed by atoms with Crippen LogP contribution in [0, 0.1) is 17.8 Å². The van der Waals surface area contributed by atoms with Crippen LogP contribution >= 0.6 is 0 Å². The van der Waals surface area contributed by atoms with Gasteiger partial charge in [0.25, 0.3) is 0 Å². The molecule has 0 aliphatic rings. The van der Waals surface area contributed by atoms with Gasteiger partial charge in [0.15, 0.2) is 0 Å². The molecule has 0 rings (SSSR count). The lowest BCUT2D eigenvalue weighted by Gasteiger charge is -2.22. The predicted molar refractivity (Wildman–Crippen MR) is 120 cm³/mol. The third-order valence-corrected chi connectivity index (χ3v) is 5.60. The summed E-state index contributed by atoms with van der Waals surface area (Å²) in [4.78, 5) is 47.8. The van der Waals surface area contributed by atoms with Crippen molar-refractivity contribution >= 4 is 23.9 Å². The Morgan fingerprint density at radius 1 is 0.719 bits per heavy atom. The molecular formula is C24H42O8. The smallest absolute Gasteiger partial charge is 0.309 e. The average Bonchev–Trinajstić information content (AvgIpc) is 2.74. The number of hydrogen-bond acceptors (Lipinski definition) is 6. The summed E-state index contributed by atoms with van der Waals surface area (Å²) in [6.45, 7) is 5.94. The Labute approximate surface area is 192 Å². The van der Waals surface area contributed by atoms with Crippen LogP contribution in [-0.4, -0.2) is 47.3 Å². The summed E-state index contributed by atoms with van der Waals surface area (Å²) in [5.74, 6) is -7.43. The van der Waals surface area contributed by atoms with E-state index >= 15 is 0 Å². The average molecular weight is 459 g/mol. The van der Waals surface area contributed by atoms with Crippen LogP contribution in [0.3, 0.4) is 0 Å². The molecular weight excluding hydrogens is 416 g/mol. The molecule has 8 nitrogen and oxygen atoms in total. The van der Waals surface area contributed by atoms with Crippen LogP contribution in [0.4, 0.5) is 0 Å². The molecule has 0 heterocycles. The van der Waals surface area contributed by atoms with Crippen molar-refractivity contribution in [1.82, 2.24) is 0 Å². The predicted octanol–water partition coefficient (Wildman–Crippen LogP) is 4.83. The number of hydrogen-bond donors (Lipinski definition) is 2. The van der Waals surface area contributed by atoms with Crippen molar-refractivity contribution in [2.24, 2.45) is 17.8 Å². The minimum absolute atomic E-state index is 0.192. The molecule has 0 spiro atoms. The monoisotopic (exact) mass is 458 g/mol. The number of carboxylic acids is 2. The molecule has 186 valence electrons. The molecule has 0 bridgehead atoms. The molecule has 0 aliphatic heterocycles. The molecule has 0 aromatic rings. The number of rotatable bonds is 20. The van der Waals surface area contributed by atoms with Gasteiger partial charge < -0.3 is 19.7 Å². The van der Waals surface area contributed by atoms with E-state index in [4.69, 9.17) is 9.47 Å². The number of aliphatic carboxylic acids is 2. The lowest BCUT2D eigenvalue weighted by molar-refractivity contribution is -0.160. The van der Waals surface area contributed by atoms with Crippen LogP contribution in [0.15, 0.2) is 0 Å². The Hall–Kier alpha value is -2.12. The third kappa shape index (κ3) is 14.0. The van der Waals surface area contributed by atoms with Gasteiger partial charge in [-0.1, -0.05) is 72.1 Å². The van der Waals surface area contributed by atoms with Gasteiger partial charge in [-0.15, -0.1) is 0 Å². The molecule has 0 fully saturated rings. The van der Waals surface area contributed by atoms with E-state index in [1.165, 1.54) is 6.92 Å². The second kappa shape index (κ2) is 18.5. The first-order valence-electron chi connectivity index (χ1n) is 12.0. The highest BCUT2D eigenvalue weighted by atomic mass is 16.5. The second-order valence-corrected chi connectivity index (χ2v) is 8.42. The molecule has 2 N–H and O–H groups in total. The number of unbranched alkanes of at least 4 members (excludes halogenated alkanes) is 8. The van der Waals surface area contributed by atoms with E-state index in [-0.39, 0.29) is 26.1 Å². The van der Waals surface area contributed by atoms with E-state index in [0.717, 1.165) is 57.8 Å². The Morgan fingerprint density at radius 2 is 1.22 bits per heavy atom. The molecule has 3 unspecified atom stereocenters. The van der Waals surface area contributed by atoms with E-state index in [1.54, 1.807) is 0 Å². The van der Waals surface area contributed by atoms with Crippen LogP contribution in [0.1, 0.15) is 97.8 Å². The number of carbonyl (C=O) groups is 4. The zero-order valence-corrected chi connectivity index (χ0v) is 20.0. The van der Waals surface area contributed by atoms with Gasteiger partial charge in [-0.2, -0.15) is 0 Å². The molecule has 0 saturated heterocycles. The molecule has 32 heavy (non-hydrogen) atoms. The van der Waals surface area contributed by atoms with Crippen molar-refractivity contribution < 1.29 is 38.9 Å². The summed E-state index contributed by atoms with van der Waals surface area (Å²) in [7, 11) is 0. The van der Waals surface area contributed by atoms with Crippen molar-refractivity contribution in [2.75, 3.05) is 13.2 Å². The Bertz CT molecular complexity index is 560. The van der Waals surface area contributed by atoms with Gasteiger partial charge in [0.1, 0.15) is 0 Å². The summed E-state index contributed by atoms with van der Waals surface area (Å²) >= 11 is 0. The van der Waals surface area contributed by atoms with E-state index in [1.807, 2.05) is 0 Å². The molecule has 0 amide bonds. The van der Waals surface area contributed by atoms with Gasteiger partial charge in [0.05, 0.1) is 37.4 Å². The van der Waals surface area contributed by atoms with Crippen LogP contribution < -0.4 is 0 Å². The van der Waals surface area contributed by atoms with Gasteiger partial charge >= 0.3 is 23.9 Å². The highest BCUT2D eigenvalue weighted by molar-refractivity contribution is 5.83. The fourth-order valence-electron chi connectivity index (χ4n) is 3.41. The Balaban J connectivity index is 4.89. The minimum atomic E-state index is -1.32. The maximum absolute atomic E-state index is 12.6. The van der Waals surface area contributed by atoms with Gasteiger partial charge in [0.2, 0.25) is 0 Å². The van der Waals surface area contributed by atoms with Crippen LogP contribution in [0.25, 0.3) is 0 Å². The third-order valence-electron chi connectivity index (χ3n) is 5.60. The number of carboxylic acid groups (broad SMARTS) is 2. The van der Waals surface area contributed by atoms with E-state index in [2.05, 4.69) is 13.8 Å². The highest BCUT2D eigenvalue weighted by Gasteiger charge is 2.36. The minimum Gasteiger partial charge on any atom is -0.481 e. The largest absolute Gasteiger partial charge is 0.481 e. The fraction of sp³-hybridized carbons (Fsp3) is 0.833. The summed E-state index contributed by atoms with van der Waals surface area (Å²) in [5, 5.41) is 18.7. The van der Waals surface area contributed by atoms with Crippen LogP contribution in [0.2, 0.25) is 0 Å². The van der Waals surface area contributed by atoms with E-state index < -0.39 is 41.6 Å². The maximum Gasteiger partial charge on any atom is 0.309 e. The fourth-order valence-corrected chi connectivity index (χ4v) is 3.41. The molecule has 8 heteroatoms. The van der Waals surface area contributed by atoms with E-state index in [9.17, 15) is 29.4 Å². The van der Waals surface area contributed by atoms with E-state index in [0.29, 0.717) is 6.42 Å². The standard InChI is InChI=1S/C24H42O8/c1-4-6-8-10-12-14-31-21(25)17-19(16-20(23(28)29)18(3)22(26)27)24(30)32-15-13-11-9-7-5-2/h18-20H,4-17H2,1-3H3,(H,26,27)(H,28,29). The topological polar surface area (TPSA) is 127 Å². The summed E-state index contributed by atoms with van der Waals surface area (Å²) < 4.78 is 10.5. The zero-order chi connectivity index (χ0) is 24.4. The van der Waals surface area contributed by atoms with Crippen LogP contribution in [0.5, 0.6) is 0 Å². The SMILES string of the molecule is CCCCCCCOC(=O)CC(CC(C(=O)O)C(C)C(=O)O)C(=O)OCCCCCCC. The molecule has 0 saturated carbocycles. The van der Waals surface area contributed by atoms with Crippen molar-refractivity contribution in [3.63, 3.8) is 0 Å². The zero-order valence-electron chi connectivity index (χ0n) is 20.0. The highest BCUT2D eigenvalue weighted by Crippen LogP contribution is 2.25. The first kappa shape index (κ1) is 29.9. The second-order valence-electron chi connectivity index (χ2n) is 8.42. The molecule has 0 aromatic carbocycles. The number of ether oxygens (including phenoxy) is 2. The normalized spacial score (nSPS) is 13.7. The Kier molecular flexibility index (Phi) is 17.2. The van der Waals surface area contributed by atoms with Crippen molar-refractivity contribution in [3.05, 3.63) is 0 Å². The quantitative estimate of drug-likeness (QED) is 0.196. The van der Waals surface area contributed by atoms with Gasteiger partial charge in [-0.3, -0.25) is 19.2 Å². The number of carbonyl (C=O) groups excluding carboxylic acids is 2. The van der Waals surface area contributed by atoms with Gasteiger partial charge in [-0.05, 0) is 19.3 Å². The maximum atomic E-state index is 12.6. The van der Waals surface area contributed by atoms with Gasteiger partial charge in [-0.25, -0.2) is 0 Å².